The molecule has 2 N–H and O–H groups in total. The largest absolute Gasteiger partial charge is 0.508 e. The van der Waals surface area contributed by atoms with Crippen LogP contribution in [0.2, 0.25) is 0 Å². The van der Waals surface area contributed by atoms with Crippen LogP contribution in [0.15, 0.2) is 66.2 Å². The first-order valence-corrected chi connectivity index (χ1v) is 8.32. The van der Waals surface area contributed by atoms with Gasteiger partial charge < -0.3 is 10.2 Å². The monoisotopic (exact) mass is 366 g/mol. The molecule has 27 heavy (non-hydrogen) atoms. The van der Waals surface area contributed by atoms with Gasteiger partial charge in [0, 0.05) is 5.57 Å². The number of benzene rings is 2. The zero-order valence-corrected chi connectivity index (χ0v) is 14.6. The van der Waals surface area contributed by atoms with Crippen LogP contribution in [0.4, 0.5) is 11.4 Å². The molecule has 3 rings (SSSR count). The van der Waals surface area contributed by atoms with Gasteiger partial charge in [-0.05, 0) is 49.7 Å². The van der Waals surface area contributed by atoms with Crippen LogP contribution in [-0.2, 0) is 14.4 Å². The minimum absolute atomic E-state index is 0.00623. The number of anilines is 2. The molecule has 2 aromatic carbocycles. The Labute approximate surface area is 155 Å². The Hall–Kier alpha value is -3.61. The maximum absolute atomic E-state index is 13.0. The van der Waals surface area contributed by atoms with E-state index in [1.165, 1.54) is 47.3 Å². The summed E-state index contributed by atoms with van der Waals surface area (Å²) in [6.45, 7) is 1.42. The van der Waals surface area contributed by atoms with E-state index in [2.05, 4.69) is 0 Å². The highest BCUT2D eigenvalue weighted by Crippen LogP contribution is 2.34. The summed E-state index contributed by atoms with van der Waals surface area (Å²) in [7, 11) is 0. The highest BCUT2D eigenvalue weighted by molar-refractivity contribution is 6.23. The lowest BCUT2D eigenvalue weighted by molar-refractivity contribution is -0.133. The van der Waals surface area contributed by atoms with Crippen LogP contribution in [0, 0.1) is 5.92 Å². The SMILES string of the molecule is C/C(=C\CC1C(=O)N(c2ccccc2)N(c2ccc(O)cc2)C1=O)C(=O)O. The van der Waals surface area contributed by atoms with Crippen molar-refractivity contribution in [1.82, 2.24) is 0 Å². The van der Waals surface area contributed by atoms with Crippen molar-refractivity contribution in [3.63, 3.8) is 0 Å². The number of hydrogen-bond acceptors (Lipinski definition) is 4. The molecule has 0 saturated carbocycles. The third-order valence-corrected chi connectivity index (χ3v) is 4.31. The molecule has 0 bridgehead atoms. The van der Waals surface area contributed by atoms with E-state index < -0.39 is 23.7 Å². The maximum atomic E-state index is 13.0. The average Bonchev–Trinajstić information content (AvgIpc) is 2.91. The Balaban J connectivity index is 2.01. The molecule has 0 radical (unpaired) electrons. The molecule has 1 saturated heterocycles. The lowest BCUT2D eigenvalue weighted by atomic mass is 10.0. The van der Waals surface area contributed by atoms with E-state index in [-0.39, 0.29) is 17.7 Å². The van der Waals surface area contributed by atoms with Crippen LogP contribution in [-0.4, -0.2) is 28.0 Å². The van der Waals surface area contributed by atoms with E-state index in [1.54, 1.807) is 30.3 Å². The number of aromatic hydroxyl groups is 1. The topological polar surface area (TPSA) is 98.2 Å². The molecule has 2 aromatic rings. The summed E-state index contributed by atoms with van der Waals surface area (Å²) in [5, 5.41) is 21.0. The number of hydrazine groups is 1. The molecule has 7 nitrogen and oxygen atoms in total. The molecule has 1 fully saturated rings. The Morgan fingerprint density at radius 2 is 1.48 bits per heavy atom. The van der Waals surface area contributed by atoms with Gasteiger partial charge in [0.1, 0.15) is 11.7 Å². The molecule has 1 aliphatic rings. The van der Waals surface area contributed by atoms with Gasteiger partial charge in [0.2, 0.25) is 0 Å². The molecule has 2 amide bonds. The zero-order valence-electron chi connectivity index (χ0n) is 14.6. The summed E-state index contributed by atoms with van der Waals surface area (Å²) in [6, 6.07) is 14.7. The van der Waals surface area contributed by atoms with Crippen molar-refractivity contribution in [1.29, 1.82) is 0 Å². The molecule has 1 unspecified atom stereocenters. The van der Waals surface area contributed by atoms with Gasteiger partial charge in [0.15, 0.2) is 0 Å². The summed E-state index contributed by atoms with van der Waals surface area (Å²) in [4.78, 5) is 37.0. The predicted octanol–water partition coefficient (Wildman–Crippen LogP) is 2.72. The van der Waals surface area contributed by atoms with Crippen molar-refractivity contribution < 1.29 is 24.6 Å². The molecular weight excluding hydrogens is 348 g/mol. The number of carbonyl (C=O) groups is 3. The number of hydrogen-bond donors (Lipinski definition) is 2. The molecule has 0 aromatic heterocycles. The first-order valence-electron chi connectivity index (χ1n) is 8.32. The number of phenols is 1. The van der Waals surface area contributed by atoms with Gasteiger partial charge in [-0.3, -0.25) is 9.59 Å². The number of allylic oxidation sites excluding steroid dienone is 1. The van der Waals surface area contributed by atoms with Crippen molar-refractivity contribution in [2.24, 2.45) is 5.92 Å². The van der Waals surface area contributed by atoms with E-state index in [1.807, 2.05) is 0 Å². The van der Waals surface area contributed by atoms with Crippen LogP contribution < -0.4 is 10.0 Å². The Morgan fingerprint density at radius 1 is 0.963 bits per heavy atom. The second-order valence-corrected chi connectivity index (χ2v) is 6.13. The van der Waals surface area contributed by atoms with Crippen molar-refractivity contribution in [3.05, 3.63) is 66.2 Å². The van der Waals surface area contributed by atoms with E-state index >= 15 is 0 Å². The van der Waals surface area contributed by atoms with Crippen LogP contribution in [0.5, 0.6) is 5.75 Å². The lowest BCUT2D eigenvalue weighted by Crippen LogP contribution is -2.41. The van der Waals surface area contributed by atoms with Gasteiger partial charge in [0.05, 0.1) is 11.4 Å². The minimum atomic E-state index is -1.09. The second-order valence-electron chi connectivity index (χ2n) is 6.13. The van der Waals surface area contributed by atoms with Crippen LogP contribution in [0.1, 0.15) is 13.3 Å². The first-order chi connectivity index (χ1) is 12.9. The number of nitrogens with zero attached hydrogens (tertiary/aromatic N) is 2. The highest BCUT2D eigenvalue weighted by atomic mass is 16.4. The van der Waals surface area contributed by atoms with Crippen molar-refractivity contribution in [3.8, 4) is 5.75 Å². The van der Waals surface area contributed by atoms with Crippen molar-refractivity contribution >= 4 is 29.2 Å². The van der Waals surface area contributed by atoms with Gasteiger partial charge in [-0.1, -0.05) is 24.3 Å². The molecule has 1 heterocycles. The zero-order chi connectivity index (χ0) is 19.6. The van der Waals surface area contributed by atoms with Gasteiger partial charge >= 0.3 is 5.97 Å². The number of aliphatic carboxylic acids is 1. The Bertz CT molecular complexity index is 906. The Kier molecular flexibility index (Phi) is 4.94. The molecule has 1 atom stereocenters. The minimum Gasteiger partial charge on any atom is -0.508 e. The Morgan fingerprint density at radius 3 is 2.00 bits per heavy atom. The third kappa shape index (κ3) is 3.52. The number of para-hydroxylation sites is 1. The van der Waals surface area contributed by atoms with Crippen LogP contribution in [0.3, 0.4) is 0 Å². The van der Waals surface area contributed by atoms with Gasteiger partial charge in [0.25, 0.3) is 11.8 Å². The lowest BCUT2D eigenvalue weighted by Gasteiger charge is -2.27. The number of phenolic OH excluding ortho intramolecular Hbond substituents is 1. The van der Waals surface area contributed by atoms with Crippen LogP contribution in [0.25, 0.3) is 0 Å². The van der Waals surface area contributed by atoms with Crippen molar-refractivity contribution in [2.45, 2.75) is 13.3 Å². The number of carboxylic acid groups (broad SMARTS) is 1. The number of amides is 2. The molecular formula is C20H18N2O5. The molecule has 0 aliphatic carbocycles. The maximum Gasteiger partial charge on any atom is 0.330 e. The average molecular weight is 366 g/mol. The quantitative estimate of drug-likeness (QED) is 0.626. The molecule has 0 spiro atoms. The fourth-order valence-electron chi connectivity index (χ4n) is 2.83. The number of carboxylic acids is 1. The third-order valence-electron chi connectivity index (χ3n) is 4.31. The summed E-state index contributed by atoms with van der Waals surface area (Å²) >= 11 is 0. The molecule has 1 aliphatic heterocycles. The van der Waals surface area contributed by atoms with E-state index in [0.717, 1.165) is 0 Å². The summed E-state index contributed by atoms with van der Waals surface area (Å²) < 4.78 is 0. The van der Waals surface area contributed by atoms with Gasteiger partial charge in [-0.15, -0.1) is 0 Å². The fraction of sp³-hybridized carbons (Fsp3) is 0.150. The molecule has 138 valence electrons. The predicted molar refractivity (Wildman–Crippen MR) is 99.0 cm³/mol. The number of carbonyl (C=O) groups excluding carboxylic acids is 2. The smallest absolute Gasteiger partial charge is 0.330 e. The van der Waals surface area contributed by atoms with E-state index in [9.17, 15) is 19.5 Å². The second kappa shape index (κ2) is 7.33. The van der Waals surface area contributed by atoms with Gasteiger partial charge in [-0.25, -0.2) is 14.8 Å². The van der Waals surface area contributed by atoms with E-state index in [4.69, 9.17) is 5.11 Å². The standard InChI is InChI=1S/C20H18N2O5/c1-13(20(26)27)7-12-17-18(24)21(14-5-3-2-4-6-14)22(19(17)25)15-8-10-16(23)11-9-15/h2-11,17,23H,12H2,1H3,(H,26,27)/b13-7+. The van der Waals surface area contributed by atoms with Crippen LogP contribution >= 0.6 is 0 Å². The van der Waals surface area contributed by atoms with Gasteiger partial charge in [-0.2, -0.15) is 0 Å². The summed E-state index contributed by atoms with van der Waals surface area (Å²) in [5.41, 5.74) is 1.02. The summed E-state index contributed by atoms with van der Waals surface area (Å²) in [6.07, 6.45) is 1.38. The molecule has 7 heteroatoms. The highest BCUT2D eigenvalue weighted by Gasteiger charge is 2.46. The van der Waals surface area contributed by atoms with Crippen molar-refractivity contribution in [2.75, 3.05) is 10.0 Å². The van der Waals surface area contributed by atoms with E-state index in [0.29, 0.717) is 11.4 Å². The first kappa shape index (κ1) is 18.2. The normalized spacial score (nSPS) is 17.5. The number of rotatable bonds is 5. The summed E-state index contributed by atoms with van der Waals surface area (Å²) in [5.74, 6) is -2.96. The fourth-order valence-corrected chi connectivity index (χ4v) is 2.83.